The highest BCUT2D eigenvalue weighted by Crippen LogP contribution is 2.41. The van der Waals surface area contributed by atoms with Crippen LogP contribution in [0.3, 0.4) is 0 Å². The molecule has 0 N–H and O–H groups in total. The Morgan fingerprint density at radius 3 is 3.00 bits per heavy atom. The molecular formula is C18H12N2O3S. The van der Waals surface area contributed by atoms with Gasteiger partial charge >= 0.3 is 5.63 Å². The van der Waals surface area contributed by atoms with Gasteiger partial charge in [0.05, 0.1) is 5.39 Å². The van der Waals surface area contributed by atoms with E-state index in [4.69, 9.17) is 9.15 Å². The van der Waals surface area contributed by atoms with E-state index in [0.29, 0.717) is 17.2 Å². The molecule has 0 radical (unpaired) electrons. The Bertz CT molecular complexity index is 1150. The summed E-state index contributed by atoms with van der Waals surface area (Å²) in [7, 11) is 0. The Hall–Kier alpha value is -2.73. The SMILES string of the molecule is O=c1ccc2ccc(Oc3ncnc4sc5c(c34)CCC5)cc2o1. The van der Waals surface area contributed by atoms with Gasteiger partial charge in [-0.25, -0.2) is 14.8 Å². The van der Waals surface area contributed by atoms with Gasteiger partial charge in [0.2, 0.25) is 5.88 Å². The first-order valence-corrected chi connectivity index (χ1v) is 8.56. The number of nitrogens with zero attached hydrogens (tertiary/aromatic N) is 2. The number of hydrogen-bond donors (Lipinski definition) is 0. The van der Waals surface area contributed by atoms with Gasteiger partial charge in [-0.05, 0) is 43.0 Å². The summed E-state index contributed by atoms with van der Waals surface area (Å²) in [4.78, 5) is 22.5. The van der Waals surface area contributed by atoms with Crippen molar-refractivity contribution in [1.82, 2.24) is 9.97 Å². The Balaban J connectivity index is 1.63. The van der Waals surface area contributed by atoms with Gasteiger partial charge in [0.25, 0.3) is 0 Å². The number of aromatic nitrogens is 2. The lowest BCUT2D eigenvalue weighted by atomic mass is 10.2. The lowest BCUT2D eigenvalue weighted by Crippen LogP contribution is -1.95. The number of aryl methyl sites for hydroxylation is 2. The van der Waals surface area contributed by atoms with Gasteiger partial charge in [0, 0.05) is 22.4 Å². The molecule has 6 heteroatoms. The van der Waals surface area contributed by atoms with E-state index in [1.807, 2.05) is 12.1 Å². The second kappa shape index (κ2) is 5.14. The molecule has 0 saturated heterocycles. The van der Waals surface area contributed by atoms with Crippen LogP contribution in [0.15, 0.2) is 45.9 Å². The molecule has 1 aliphatic rings. The molecule has 5 rings (SSSR count). The predicted octanol–water partition coefficient (Wildman–Crippen LogP) is 4.08. The Morgan fingerprint density at radius 2 is 2.04 bits per heavy atom. The zero-order valence-electron chi connectivity index (χ0n) is 12.6. The second-order valence-corrected chi connectivity index (χ2v) is 6.86. The van der Waals surface area contributed by atoms with Crippen LogP contribution in [0.4, 0.5) is 0 Å². The molecule has 0 saturated carbocycles. The monoisotopic (exact) mass is 336 g/mol. The third kappa shape index (κ3) is 2.11. The summed E-state index contributed by atoms with van der Waals surface area (Å²) in [6.07, 6.45) is 4.86. The van der Waals surface area contributed by atoms with Crippen LogP contribution in [0.1, 0.15) is 16.9 Å². The molecule has 0 spiro atoms. The van der Waals surface area contributed by atoms with E-state index in [0.717, 1.165) is 28.4 Å². The fraction of sp³-hybridized carbons (Fsp3) is 0.167. The minimum absolute atomic E-state index is 0.375. The van der Waals surface area contributed by atoms with E-state index in [1.165, 1.54) is 29.3 Å². The standard InChI is InChI=1S/C18H12N2O3S/c21-15-7-5-10-4-6-11(8-13(10)23-15)22-17-16-12-2-1-3-14(12)24-18(16)20-9-19-17/h4-9H,1-3H2. The van der Waals surface area contributed by atoms with Crippen molar-refractivity contribution < 1.29 is 9.15 Å². The lowest BCUT2D eigenvalue weighted by Gasteiger charge is -2.07. The van der Waals surface area contributed by atoms with Gasteiger partial charge in [-0.3, -0.25) is 0 Å². The average molecular weight is 336 g/mol. The van der Waals surface area contributed by atoms with Gasteiger partial charge in [0.15, 0.2) is 0 Å². The summed E-state index contributed by atoms with van der Waals surface area (Å²) in [5.74, 6) is 1.16. The summed E-state index contributed by atoms with van der Waals surface area (Å²) >= 11 is 1.72. The number of thiophene rings is 1. The van der Waals surface area contributed by atoms with E-state index in [2.05, 4.69) is 9.97 Å². The summed E-state index contributed by atoms with van der Waals surface area (Å²) in [6.45, 7) is 0. The van der Waals surface area contributed by atoms with E-state index < -0.39 is 0 Å². The third-order valence-electron chi connectivity index (χ3n) is 4.28. The molecule has 0 unspecified atom stereocenters. The quantitative estimate of drug-likeness (QED) is 0.516. The first kappa shape index (κ1) is 13.7. The van der Waals surface area contributed by atoms with E-state index in [9.17, 15) is 4.79 Å². The minimum Gasteiger partial charge on any atom is -0.438 e. The van der Waals surface area contributed by atoms with Crippen LogP contribution in [-0.4, -0.2) is 9.97 Å². The van der Waals surface area contributed by atoms with Gasteiger partial charge in [-0.1, -0.05) is 0 Å². The maximum absolute atomic E-state index is 11.4. The average Bonchev–Trinajstić information content (AvgIpc) is 3.15. The number of ether oxygens (including phenoxy) is 1. The summed E-state index contributed by atoms with van der Waals surface area (Å²) < 4.78 is 11.2. The van der Waals surface area contributed by atoms with Crippen LogP contribution in [0.2, 0.25) is 0 Å². The van der Waals surface area contributed by atoms with Crippen molar-refractivity contribution in [3.63, 3.8) is 0 Å². The topological polar surface area (TPSA) is 65.2 Å². The predicted molar refractivity (Wildman–Crippen MR) is 92.0 cm³/mol. The normalized spacial score (nSPS) is 13.5. The van der Waals surface area contributed by atoms with E-state index in [-0.39, 0.29) is 5.63 Å². The number of benzene rings is 1. The third-order valence-corrected chi connectivity index (χ3v) is 5.48. The molecule has 24 heavy (non-hydrogen) atoms. The fourth-order valence-electron chi connectivity index (χ4n) is 3.19. The first-order chi connectivity index (χ1) is 11.8. The molecule has 0 atom stereocenters. The van der Waals surface area contributed by atoms with Crippen molar-refractivity contribution in [2.45, 2.75) is 19.3 Å². The van der Waals surface area contributed by atoms with Crippen LogP contribution >= 0.6 is 11.3 Å². The molecule has 3 heterocycles. The molecule has 118 valence electrons. The smallest absolute Gasteiger partial charge is 0.336 e. The molecular weight excluding hydrogens is 324 g/mol. The van der Waals surface area contributed by atoms with Gasteiger partial charge in [-0.15, -0.1) is 11.3 Å². The molecule has 1 aliphatic carbocycles. The van der Waals surface area contributed by atoms with Crippen molar-refractivity contribution in [1.29, 1.82) is 0 Å². The Morgan fingerprint density at radius 1 is 1.12 bits per heavy atom. The Labute approximate surface area is 140 Å². The van der Waals surface area contributed by atoms with Crippen molar-refractivity contribution in [2.24, 2.45) is 0 Å². The molecule has 0 fully saturated rings. The second-order valence-electron chi connectivity index (χ2n) is 5.77. The minimum atomic E-state index is -0.375. The van der Waals surface area contributed by atoms with E-state index in [1.54, 1.807) is 23.5 Å². The largest absolute Gasteiger partial charge is 0.438 e. The number of hydrogen-bond acceptors (Lipinski definition) is 6. The van der Waals surface area contributed by atoms with Crippen LogP contribution in [0.25, 0.3) is 21.2 Å². The van der Waals surface area contributed by atoms with Crippen molar-refractivity contribution >= 4 is 32.5 Å². The van der Waals surface area contributed by atoms with Gasteiger partial charge in [-0.2, -0.15) is 0 Å². The van der Waals surface area contributed by atoms with Crippen molar-refractivity contribution in [2.75, 3.05) is 0 Å². The molecule has 0 aliphatic heterocycles. The molecule has 5 nitrogen and oxygen atoms in total. The van der Waals surface area contributed by atoms with E-state index >= 15 is 0 Å². The van der Waals surface area contributed by atoms with Crippen molar-refractivity contribution in [3.05, 3.63) is 57.5 Å². The van der Waals surface area contributed by atoms with Crippen LogP contribution < -0.4 is 10.4 Å². The van der Waals surface area contributed by atoms with Crippen LogP contribution in [0.5, 0.6) is 11.6 Å². The lowest BCUT2D eigenvalue weighted by molar-refractivity contribution is 0.466. The highest BCUT2D eigenvalue weighted by Gasteiger charge is 2.22. The zero-order valence-corrected chi connectivity index (χ0v) is 13.4. The summed E-state index contributed by atoms with van der Waals surface area (Å²) in [5.41, 5.74) is 1.44. The highest BCUT2D eigenvalue weighted by atomic mass is 32.1. The van der Waals surface area contributed by atoms with Gasteiger partial charge < -0.3 is 9.15 Å². The summed E-state index contributed by atoms with van der Waals surface area (Å²) in [6, 6.07) is 8.58. The molecule has 4 aromatic rings. The van der Waals surface area contributed by atoms with Crippen LogP contribution in [0, 0.1) is 0 Å². The van der Waals surface area contributed by atoms with Crippen molar-refractivity contribution in [3.8, 4) is 11.6 Å². The number of rotatable bonds is 2. The highest BCUT2D eigenvalue weighted by molar-refractivity contribution is 7.18. The Kier molecular flexibility index (Phi) is 2.93. The maximum atomic E-state index is 11.4. The molecule has 1 aromatic carbocycles. The zero-order chi connectivity index (χ0) is 16.1. The number of fused-ring (bicyclic) bond motifs is 4. The molecule has 0 bridgehead atoms. The molecule has 3 aromatic heterocycles. The maximum Gasteiger partial charge on any atom is 0.336 e. The first-order valence-electron chi connectivity index (χ1n) is 7.75. The molecule has 0 amide bonds. The van der Waals surface area contributed by atoms with Crippen LogP contribution in [-0.2, 0) is 12.8 Å². The van der Waals surface area contributed by atoms with Gasteiger partial charge in [0.1, 0.15) is 22.5 Å². The summed E-state index contributed by atoms with van der Waals surface area (Å²) in [5, 5.41) is 1.87. The fourth-order valence-corrected chi connectivity index (χ4v) is 4.41.